The summed E-state index contributed by atoms with van der Waals surface area (Å²) in [5, 5.41) is 10.6. The zero-order valence-corrected chi connectivity index (χ0v) is 18.3. The summed E-state index contributed by atoms with van der Waals surface area (Å²) in [6.45, 7) is 5.32. The Morgan fingerprint density at radius 1 is 1.07 bits per heavy atom. The van der Waals surface area contributed by atoms with E-state index in [1.54, 1.807) is 0 Å². The van der Waals surface area contributed by atoms with E-state index in [0.29, 0.717) is 5.75 Å². The molecule has 160 valence electrons. The van der Waals surface area contributed by atoms with Gasteiger partial charge in [0.1, 0.15) is 11.5 Å². The number of rotatable bonds is 8. The molecule has 2 rings (SSSR count). The van der Waals surface area contributed by atoms with Crippen molar-refractivity contribution in [2.24, 2.45) is 0 Å². The predicted molar refractivity (Wildman–Crippen MR) is 113 cm³/mol. The highest BCUT2D eigenvalue weighted by atomic mass is 79.9. The number of benzene rings is 2. The van der Waals surface area contributed by atoms with Crippen LogP contribution < -0.4 is 20.3 Å². The lowest BCUT2D eigenvalue weighted by Crippen LogP contribution is -2.45. The highest BCUT2D eigenvalue weighted by molar-refractivity contribution is 9.10. The molecule has 0 radical (unpaired) electrons. The van der Waals surface area contributed by atoms with Crippen LogP contribution >= 0.6 is 15.9 Å². The maximum Gasteiger partial charge on any atom is 0.276 e. The lowest BCUT2D eigenvalue weighted by Gasteiger charge is -2.16. The van der Waals surface area contributed by atoms with Crippen LogP contribution in [0.2, 0.25) is 0 Å². The van der Waals surface area contributed by atoms with Gasteiger partial charge >= 0.3 is 0 Å². The fourth-order valence-corrected chi connectivity index (χ4v) is 2.78. The minimum Gasteiger partial charge on any atom is -0.484 e. The Bertz CT molecular complexity index is 931. The van der Waals surface area contributed by atoms with Gasteiger partial charge in [0.05, 0.1) is 4.92 Å². The monoisotopic (exact) mass is 479 g/mol. The summed E-state index contributed by atoms with van der Waals surface area (Å²) in [7, 11) is 0. The molecule has 0 fully saturated rings. The van der Waals surface area contributed by atoms with Gasteiger partial charge in [-0.2, -0.15) is 0 Å². The largest absolute Gasteiger partial charge is 0.484 e. The van der Waals surface area contributed by atoms with E-state index in [2.05, 4.69) is 26.8 Å². The Labute approximate surface area is 182 Å². The number of nitro groups is 1. The first-order valence-electron chi connectivity index (χ1n) is 9.05. The van der Waals surface area contributed by atoms with E-state index in [9.17, 15) is 19.7 Å². The zero-order chi connectivity index (χ0) is 22.3. The SMILES string of the molecule is Cc1cc(OCC(=O)NNC(=O)COc2ccc([N+](=O)[O-])cc2)c(C(C)C)cc1Br. The molecule has 0 aromatic heterocycles. The minimum atomic E-state index is -0.593. The van der Waals surface area contributed by atoms with Gasteiger partial charge in [-0.3, -0.25) is 30.6 Å². The van der Waals surface area contributed by atoms with Crippen LogP contribution in [0.1, 0.15) is 30.9 Å². The van der Waals surface area contributed by atoms with Crippen LogP contribution in [0, 0.1) is 17.0 Å². The molecule has 30 heavy (non-hydrogen) atoms. The molecule has 2 amide bonds. The fraction of sp³-hybridized carbons (Fsp3) is 0.300. The predicted octanol–water partition coefficient (Wildman–Crippen LogP) is 3.39. The molecular weight excluding hydrogens is 458 g/mol. The second-order valence-corrected chi connectivity index (χ2v) is 7.57. The summed E-state index contributed by atoms with van der Waals surface area (Å²) in [4.78, 5) is 33.8. The van der Waals surface area contributed by atoms with Crippen molar-refractivity contribution in [2.75, 3.05) is 13.2 Å². The molecular formula is C20H22BrN3O6. The van der Waals surface area contributed by atoms with Crippen LogP contribution in [0.15, 0.2) is 40.9 Å². The molecule has 0 saturated heterocycles. The van der Waals surface area contributed by atoms with Crippen molar-refractivity contribution in [1.82, 2.24) is 10.9 Å². The van der Waals surface area contributed by atoms with Crippen molar-refractivity contribution in [2.45, 2.75) is 26.7 Å². The van der Waals surface area contributed by atoms with Crippen LogP contribution in [0.4, 0.5) is 5.69 Å². The summed E-state index contributed by atoms with van der Waals surface area (Å²) in [6.07, 6.45) is 0. The second kappa shape index (κ2) is 10.6. The number of hydrogen-bond acceptors (Lipinski definition) is 6. The Morgan fingerprint density at radius 3 is 2.17 bits per heavy atom. The van der Waals surface area contributed by atoms with E-state index in [1.165, 1.54) is 24.3 Å². The quantitative estimate of drug-likeness (QED) is 0.442. The molecule has 0 bridgehead atoms. The number of amides is 2. The molecule has 0 spiro atoms. The summed E-state index contributed by atoms with van der Waals surface area (Å²) in [6, 6.07) is 9.10. The number of carbonyl (C=O) groups excluding carboxylic acids is 2. The Balaban J connectivity index is 1.78. The van der Waals surface area contributed by atoms with E-state index in [1.807, 2.05) is 32.9 Å². The van der Waals surface area contributed by atoms with Crippen molar-refractivity contribution in [1.29, 1.82) is 0 Å². The van der Waals surface area contributed by atoms with Crippen LogP contribution in [0.25, 0.3) is 0 Å². The van der Waals surface area contributed by atoms with Gasteiger partial charge in [-0.05, 0) is 48.2 Å². The number of non-ortho nitro benzene ring substituents is 1. The van der Waals surface area contributed by atoms with Gasteiger partial charge in [-0.1, -0.05) is 29.8 Å². The van der Waals surface area contributed by atoms with E-state index in [-0.39, 0.29) is 30.6 Å². The molecule has 0 heterocycles. The van der Waals surface area contributed by atoms with Gasteiger partial charge < -0.3 is 9.47 Å². The number of carbonyl (C=O) groups is 2. The van der Waals surface area contributed by atoms with E-state index in [0.717, 1.165) is 15.6 Å². The highest BCUT2D eigenvalue weighted by Gasteiger charge is 2.13. The molecule has 0 aliphatic rings. The molecule has 2 aromatic rings. The fourth-order valence-electron chi connectivity index (χ4n) is 2.41. The number of nitrogens with zero attached hydrogens (tertiary/aromatic N) is 1. The molecule has 9 nitrogen and oxygen atoms in total. The average Bonchev–Trinajstić information content (AvgIpc) is 2.71. The molecule has 0 unspecified atom stereocenters. The lowest BCUT2D eigenvalue weighted by molar-refractivity contribution is -0.384. The highest BCUT2D eigenvalue weighted by Crippen LogP contribution is 2.32. The molecule has 2 aromatic carbocycles. The Kier molecular flexibility index (Phi) is 8.16. The van der Waals surface area contributed by atoms with Crippen molar-refractivity contribution < 1.29 is 24.0 Å². The number of halogens is 1. The molecule has 0 aliphatic carbocycles. The minimum absolute atomic E-state index is 0.0827. The first kappa shape index (κ1) is 23.1. The summed E-state index contributed by atoms with van der Waals surface area (Å²) in [5.41, 5.74) is 6.32. The first-order chi connectivity index (χ1) is 14.2. The van der Waals surface area contributed by atoms with Crippen molar-refractivity contribution in [3.63, 3.8) is 0 Å². The first-order valence-corrected chi connectivity index (χ1v) is 9.84. The lowest BCUT2D eigenvalue weighted by atomic mass is 10.0. The maximum atomic E-state index is 12.0. The summed E-state index contributed by atoms with van der Waals surface area (Å²) >= 11 is 3.49. The average molecular weight is 480 g/mol. The van der Waals surface area contributed by atoms with Crippen LogP contribution in [-0.2, 0) is 9.59 Å². The number of hydrogen-bond donors (Lipinski definition) is 2. The Hall–Kier alpha value is -3.14. The Morgan fingerprint density at radius 2 is 1.63 bits per heavy atom. The van der Waals surface area contributed by atoms with Crippen molar-refractivity contribution >= 4 is 33.4 Å². The van der Waals surface area contributed by atoms with E-state index in [4.69, 9.17) is 9.47 Å². The number of nitro benzene ring substituents is 1. The van der Waals surface area contributed by atoms with Gasteiger partial charge in [0, 0.05) is 16.6 Å². The topological polar surface area (TPSA) is 120 Å². The van der Waals surface area contributed by atoms with Gasteiger partial charge in [-0.15, -0.1) is 0 Å². The number of nitrogens with one attached hydrogen (secondary N) is 2. The third kappa shape index (κ3) is 6.73. The summed E-state index contributed by atoms with van der Waals surface area (Å²) in [5.74, 6) is -0.0276. The molecule has 10 heteroatoms. The molecule has 2 N–H and O–H groups in total. The summed E-state index contributed by atoms with van der Waals surface area (Å²) < 4.78 is 11.8. The van der Waals surface area contributed by atoms with Crippen LogP contribution in [0.3, 0.4) is 0 Å². The van der Waals surface area contributed by atoms with Gasteiger partial charge in [0.2, 0.25) is 0 Å². The van der Waals surface area contributed by atoms with E-state index >= 15 is 0 Å². The van der Waals surface area contributed by atoms with E-state index < -0.39 is 16.7 Å². The second-order valence-electron chi connectivity index (χ2n) is 6.72. The normalized spacial score (nSPS) is 10.4. The smallest absolute Gasteiger partial charge is 0.276 e. The number of ether oxygens (including phenoxy) is 2. The molecule has 0 saturated carbocycles. The van der Waals surface area contributed by atoms with Gasteiger partial charge in [-0.25, -0.2) is 0 Å². The maximum absolute atomic E-state index is 12.0. The number of aryl methyl sites for hydroxylation is 1. The molecule has 0 atom stereocenters. The third-order valence-electron chi connectivity index (χ3n) is 4.03. The van der Waals surface area contributed by atoms with Crippen LogP contribution in [-0.4, -0.2) is 30.0 Å². The zero-order valence-electron chi connectivity index (χ0n) is 16.7. The molecule has 0 aliphatic heterocycles. The van der Waals surface area contributed by atoms with Crippen LogP contribution in [0.5, 0.6) is 11.5 Å². The number of hydrazine groups is 1. The van der Waals surface area contributed by atoms with Crippen molar-refractivity contribution in [3.8, 4) is 11.5 Å². The standard InChI is InChI=1S/C20H22BrN3O6/c1-12(2)16-9-17(21)13(3)8-18(16)30-11-20(26)23-22-19(25)10-29-15-6-4-14(5-7-15)24(27)28/h4-9,12H,10-11H2,1-3H3,(H,22,25)(H,23,26). The van der Waals surface area contributed by atoms with Gasteiger partial charge in [0.15, 0.2) is 13.2 Å². The third-order valence-corrected chi connectivity index (χ3v) is 4.88. The van der Waals surface area contributed by atoms with Gasteiger partial charge in [0.25, 0.3) is 17.5 Å². The van der Waals surface area contributed by atoms with Crippen molar-refractivity contribution in [3.05, 3.63) is 62.1 Å².